The van der Waals surface area contributed by atoms with Crippen LogP contribution in [-0.4, -0.2) is 27.7 Å². The summed E-state index contributed by atoms with van der Waals surface area (Å²) in [6.45, 7) is 2.85. The van der Waals surface area contributed by atoms with Crippen LogP contribution in [0.25, 0.3) is 22.0 Å². The van der Waals surface area contributed by atoms with Gasteiger partial charge in [-0.25, -0.2) is 0 Å². The average Bonchev–Trinajstić information content (AvgIpc) is 2.94. The quantitative estimate of drug-likeness (QED) is 0.758. The molecule has 0 atom stereocenters. The molecule has 0 saturated heterocycles. The maximum Gasteiger partial charge on any atom is 0.267 e. The second kappa shape index (κ2) is 5.17. The molecule has 6 heteroatoms. The molecule has 3 aromatic rings. The van der Waals surface area contributed by atoms with Gasteiger partial charge in [-0.15, -0.1) is 0 Å². The Hall–Kier alpha value is -2.73. The fraction of sp³-hybridized carbons (Fsp3) is 0.176. The van der Waals surface area contributed by atoms with Crippen molar-refractivity contribution in [1.82, 2.24) is 15.2 Å². The van der Waals surface area contributed by atoms with Gasteiger partial charge in [-0.05, 0) is 29.7 Å². The predicted octanol–water partition coefficient (Wildman–Crippen LogP) is 2.11. The number of hydrogen-bond acceptors (Lipinski definition) is 4. The third-order valence-electron chi connectivity index (χ3n) is 4.18. The van der Waals surface area contributed by atoms with E-state index in [0.717, 1.165) is 38.9 Å². The van der Waals surface area contributed by atoms with Crippen molar-refractivity contribution in [3.05, 3.63) is 53.3 Å². The number of nitrogens with two attached hydrogens (primary N) is 1. The number of nitrogens with one attached hydrogen (secondary N) is 1. The van der Waals surface area contributed by atoms with Crippen molar-refractivity contribution < 1.29 is 9.53 Å². The molecule has 3 N–H and O–H groups in total. The number of primary amides is 1. The molecule has 0 bridgehead atoms. The number of nitrogens with zero attached hydrogens (tertiary/aromatic N) is 2. The first-order valence-corrected chi connectivity index (χ1v) is 7.33. The van der Waals surface area contributed by atoms with E-state index in [0.29, 0.717) is 18.9 Å². The third kappa shape index (κ3) is 2.19. The summed E-state index contributed by atoms with van der Waals surface area (Å²) < 4.78 is 5.53. The number of aryl methyl sites for hydroxylation is 1. The topological polar surface area (TPSA) is 93.9 Å². The molecular weight excluding hydrogens is 292 g/mol. The van der Waals surface area contributed by atoms with Crippen LogP contribution in [0.15, 0.2) is 24.4 Å². The van der Waals surface area contributed by atoms with E-state index in [2.05, 4.69) is 15.2 Å². The first kappa shape index (κ1) is 13.9. The minimum atomic E-state index is -0.523. The zero-order chi connectivity index (χ0) is 16.0. The Morgan fingerprint density at radius 2 is 2.26 bits per heavy atom. The van der Waals surface area contributed by atoms with Crippen molar-refractivity contribution >= 4 is 16.8 Å². The summed E-state index contributed by atoms with van der Waals surface area (Å²) in [5, 5.41) is 8.34. The van der Waals surface area contributed by atoms with Crippen molar-refractivity contribution in [2.45, 2.75) is 13.5 Å². The number of fused-ring (bicyclic) bond motifs is 2. The van der Waals surface area contributed by atoms with E-state index in [1.54, 1.807) is 6.20 Å². The van der Waals surface area contributed by atoms with Crippen LogP contribution in [0.3, 0.4) is 0 Å². The third-order valence-corrected chi connectivity index (χ3v) is 4.18. The number of carbonyl (C=O) groups excluding carboxylic acids is 1. The monoisotopic (exact) mass is 307 g/mol. The van der Waals surface area contributed by atoms with Crippen LogP contribution in [-0.2, 0) is 11.3 Å². The molecule has 115 valence electrons. The molecule has 0 spiro atoms. The SMILES string of the molecule is Cc1n[nH]c2cc(-c3cnc(C(N)=O)c4c3COC[CH]4)ccc12. The van der Waals surface area contributed by atoms with E-state index >= 15 is 0 Å². The van der Waals surface area contributed by atoms with Crippen LogP contribution in [0.4, 0.5) is 0 Å². The first-order chi connectivity index (χ1) is 11.1. The molecule has 6 nitrogen and oxygen atoms in total. The lowest BCUT2D eigenvalue weighted by atomic mass is 9.93. The van der Waals surface area contributed by atoms with Gasteiger partial charge in [-0.1, -0.05) is 12.1 Å². The number of H-pyrrole nitrogens is 1. The lowest BCUT2D eigenvalue weighted by Gasteiger charge is -2.21. The maximum absolute atomic E-state index is 11.6. The highest BCUT2D eigenvalue weighted by molar-refractivity contribution is 5.94. The summed E-state index contributed by atoms with van der Waals surface area (Å²) in [5.74, 6) is -0.523. The fourth-order valence-corrected chi connectivity index (χ4v) is 3.01. The molecule has 0 saturated carbocycles. The van der Waals surface area contributed by atoms with E-state index in [4.69, 9.17) is 10.5 Å². The highest BCUT2D eigenvalue weighted by Crippen LogP contribution is 2.32. The molecule has 0 unspecified atom stereocenters. The molecule has 4 rings (SSSR count). The number of ether oxygens (including phenoxy) is 1. The normalized spacial score (nSPS) is 14.0. The smallest absolute Gasteiger partial charge is 0.267 e. The molecular formula is C17H15N4O2. The van der Waals surface area contributed by atoms with Gasteiger partial charge < -0.3 is 10.5 Å². The van der Waals surface area contributed by atoms with Crippen molar-refractivity contribution in [3.63, 3.8) is 0 Å². The molecule has 1 aliphatic heterocycles. The summed E-state index contributed by atoms with van der Waals surface area (Å²) in [4.78, 5) is 15.8. The molecule has 23 heavy (non-hydrogen) atoms. The van der Waals surface area contributed by atoms with Crippen LogP contribution in [0.5, 0.6) is 0 Å². The first-order valence-electron chi connectivity index (χ1n) is 7.33. The van der Waals surface area contributed by atoms with Gasteiger partial charge in [0.1, 0.15) is 5.69 Å². The molecule has 1 radical (unpaired) electrons. The number of amides is 1. The van der Waals surface area contributed by atoms with Gasteiger partial charge in [-0.2, -0.15) is 5.10 Å². The van der Waals surface area contributed by atoms with Gasteiger partial charge in [0, 0.05) is 23.6 Å². The second-order valence-corrected chi connectivity index (χ2v) is 5.57. The molecule has 1 aromatic carbocycles. The van der Waals surface area contributed by atoms with Crippen molar-refractivity contribution in [1.29, 1.82) is 0 Å². The second-order valence-electron chi connectivity index (χ2n) is 5.57. The van der Waals surface area contributed by atoms with Crippen molar-refractivity contribution in [2.75, 3.05) is 6.61 Å². The van der Waals surface area contributed by atoms with Gasteiger partial charge in [0.25, 0.3) is 5.91 Å². The zero-order valence-electron chi connectivity index (χ0n) is 12.6. The number of carbonyl (C=O) groups is 1. The highest BCUT2D eigenvalue weighted by atomic mass is 16.5. The predicted molar refractivity (Wildman–Crippen MR) is 85.6 cm³/mol. The minimum Gasteiger partial charge on any atom is -0.376 e. The molecule has 0 fully saturated rings. The van der Waals surface area contributed by atoms with Gasteiger partial charge in [0.15, 0.2) is 0 Å². The van der Waals surface area contributed by atoms with Crippen LogP contribution < -0.4 is 5.73 Å². The Balaban J connectivity index is 1.92. The van der Waals surface area contributed by atoms with Crippen molar-refractivity contribution in [3.8, 4) is 11.1 Å². The summed E-state index contributed by atoms with van der Waals surface area (Å²) in [5.41, 5.74) is 11.3. The van der Waals surface area contributed by atoms with Gasteiger partial charge in [0.05, 0.1) is 24.4 Å². The molecule has 1 aliphatic rings. The van der Waals surface area contributed by atoms with Crippen molar-refractivity contribution in [2.24, 2.45) is 5.73 Å². The summed E-state index contributed by atoms with van der Waals surface area (Å²) in [6.07, 6.45) is 3.54. The van der Waals surface area contributed by atoms with Crippen LogP contribution in [0, 0.1) is 13.3 Å². The maximum atomic E-state index is 11.6. The standard InChI is InChI=1S/C17H15N4O2/c1-9-11-3-2-10(6-15(11)21-20-9)13-7-19-16(17(18)22)12-4-5-23-8-14(12)13/h2-4,6-7H,5,8H2,1H3,(H2,18,22)(H,20,21). The van der Waals surface area contributed by atoms with Gasteiger partial charge >= 0.3 is 0 Å². The summed E-state index contributed by atoms with van der Waals surface area (Å²) in [7, 11) is 0. The number of rotatable bonds is 2. The number of aromatic nitrogens is 3. The van der Waals surface area contributed by atoms with E-state index in [1.165, 1.54) is 0 Å². The van der Waals surface area contributed by atoms with Crippen LogP contribution >= 0.6 is 0 Å². The number of hydrogen-bond donors (Lipinski definition) is 2. The number of aromatic amines is 1. The number of pyridine rings is 1. The van der Waals surface area contributed by atoms with E-state index in [9.17, 15) is 4.79 Å². The Kier molecular flexibility index (Phi) is 3.12. The molecule has 2 aromatic heterocycles. The lowest BCUT2D eigenvalue weighted by Crippen LogP contribution is -2.21. The Bertz CT molecular complexity index is 930. The fourth-order valence-electron chi connectivity index (χ4n) is 3.01. The summed E-state index contributed by atoms with van der Waals surface area (Å²) in [6, 6.07) is 6.09. The molecule has 0 aliphatic carbocycles. The Morgan fingerprint density at radius 1 is 1.39 bits per heavy atom. The molecule has 3 heterocycles. The Labute approximate surface area is 132 Å². The summed E-state index contributed by atoms with van der Waals surface area (Å²) >= 11 is 0. The zero-order valence-corrected chi connectivity index (χ0v) is 12.6. The Morgan fingerprint density at radius 3 is 3.09 bits per heavy atom. The highest BCUT2D eigenvalue weighted by Gasteiger charge is 2.22. The largest absolute Gasteiger partial charge is 0.376 e. The molecule has 1 amide bonds. The van der Waals surface area contributed by atoms with E-state index < -0.39 is 5.91 Å². The van der Waals surface area contributed by atoms with Gasteiger partial charge in [0.2, 0.25) is 0 Å². The van der Waals surface area contributed by atoms with Crippen LogP contribution in [0.2, 0.25) is 0 Å². The number of benzene rings is 1. The van der Waals surface area contributed by atoms with E-state index in [1.807, 2.05) is 31.5 Å². The van der Waals surface area contributed by atoms with Crippen LogP contribution in [0.1, 0.15) is 27.3 Å². The minimum absolute atomic E-state index is 0.297. The van der Waals surface area contributed by atoms with Gasteiger partial charge in [-0.3, -0.25) is 14.9 Å². The van der Waals surface area contributed by atoms with E-state index in [-0.39, 0.29) is 0 Å². The average molecular weight is 307 g/mol. The lowest BCUT2D eigenvalue weighted by molar-refractivity contribution is 0.0991.